The molecule has 1 N–H and O–H groups in total. The van der Waals surface area contributed by atoms with E-state index >= 15 is 0 Å². The normalized spacial score (nSPS) is 20.3. The third kappa shape index (κ3) is 4.57. The van der Waals surface area contributed by atoms with Crippen LogP contribution < -0.4 is 10.2 Å². The van der Waals surface area contributed by atoms with Crippen molar-refractivity contribution in [2.24, 2.45) is 0 Å². The van der Waals surface area contributed by atoms with Crippen LogP contribution in [0.5, 0.6) is 0 Å². The maximum absolute atomic E-state index is 11.5. The highest BCUT2D eigenvalue weighted by Crippen LogP contribution is 2.31. The van der Waals surface area contributed by atoms with Gasteiger partial charge in [0.25, 0.3) is 0 Å². The number of carbonyl (C=O) groups is 1. The molecule has 0 aliphatic carbocycles. The molecule has 1 aromatic heterocycles. The Kier molecular flexibility index (Phi) is 6.37. The second-order valence-corrected chi connectivity index (χ2v) is 8.47. The summed E-state index contributed by atoms with van der Waals surface area (Å²) in [5, 5.41) is 4.62. The van der Waals surface area contributed by atoms with Crippen molar-refractivity contribution in [3.05, 3.63) is 30.2 Å². The minimum Gasteiger partial charge on any atom is -0.369 e. The Morgan fingerprint density at radius 1 is 1.17 bits per heavy atom. The molecule has 0 bridgehead atoms. The molecule has 7 nitrogen and oxygen atoms in total. The van der Waals surface area contributed by atoms with Crippen LogP contribution in [0.3, 0.4) is 0 Å². The SMILES string of the molecule is CN(C)CC(C=O)N1CCN(c2ccc3c(C4CCNCC4)ncnc3c2)CC1. The maximum Gasteiger partial charge on any atom is 0.138 e. The fraction of sp³-hybridized carbons (Fsp3) is 0.591. The minimum absolute atomic E-state index is 0.0240. The fourth-order valence-corrected chi connectivity index (χ4v) is 4.61. The first-order chi connectivity index (χ1) is 14.2. The van der Waals surface area contributed by atoms with E-state index in [1.54, 1.807) is 6.33 Å². The number of aldehydes is 1. The number of fused-ring (bicyclic) bond motifs is 1. The van der Waals surface area contributed by atoms with Crippen molar-refractivity contribution in [2.45, 2.75) is 24.8 Å². The summed E-state index contributed by atoms with van der Waals surface area (Å²) in [5.41, 5.74) is 3.44. The van der Waals surface area contributed by atoms with Crippen molar-refractivity contribution in [3.8, 4) is 0 Å². The largest absolute Gasteiger partial charge is 0.369 e. The number of likely N-dealkylation sites (N-methyl/N-ethyl adjacent to an activating group) is 1. The molecule has 4 rings (SSSR count). The van der Waals surface area contributed by atoms with Crippen LogP contribution in [0.2, 0.25) is 0 Å². The lowest BCUT2D eigenvalue weighted by Crippen LogP contribution is -2.53. The average Bonchev–Trinajstić information content (AvgIpc) is 2.77. The summed E-state index contributed by atoms with van der Waals surface area (Å²) in [6.07, 6.45) is 5.09. The number of piperidine rings is 1. The lowest BCUT2D eigenvalue weighted by molar-refractivity contribution is -0.113. The van der Waals surface area contributed by atoms with E-state index in [0.717, 1.165) is 70.5 Å². The van der Waals surface area contributed by atoms with E-state index < -0.39 is 0 Å². The summed E-state index contributed by atoms with van der Waals surface area (Å²) in [4.78, 5) is 27.5. The van der Waals surface area contributed by atoms with E-state index in [2.05, 4.69) is 48.2 Å². The number of benzene rings is 1. The number of nitrogens with one attached hydrogen (secondary N) is 1. The lowest BCUT2D eigenvalue weighted by atomic mass is 9.92. The minimum atomic E-state index is -0.0240. The van der Waals surface area contributed by atoms with E-state index in [-0.39, 0.29) is 6.04 Å². The van der Waals surface area contributed by atoms with Crippen LogP contribution in [0, 0.1) is 0 Å². The fourth-order valence-electron chi connectivity index (χ4n) is 4.61. The number of nitrogens with zero attached hydrogens (tertiary/aromatic N) is 5. The third-order valence-electron chi connectivity index (χ3n) is 6.23. The quantitative estimate of drug-likeness (QED) is 0.740. The van der Waals surface area contributed by atoms with Gasteiger partial charge in [-0.3, -0.25) is 4.90 Å². The van der Waals surface area contributed by atoms with Gasteiger partial charge in [-0.05, 0) is 58.2 Å². The first-order valence-electron chi connectivity index (χ1n) is 10.7. The summed E-state index contributed by atoms with van der Waals surface area (Å²) >= 11 is 0. The summed E-state index contributed by atoms with van der Waals surface area (Å²) < 4.78 is 0. The Balaban J connectivity index is 1.47. The zero-order chi connectivity index (χ0) is 20.2. The van der Waals surface area contributed by atoms with Gasteiger partial charge in [0.05, 0.1) is 17.3 Å². The molecule has 2 aromatic rings. The standard InChI is InChI=1S/C22H32N6O/c1-26(2)14-19(15-29)28-11-9-27(10-12-28)18-3-4-20-21(13-18)24-16-25-22(20)17-5-7-23-8-6-17/h3-4,13,15-17,19,23H,5-12,14H2,1-2H3. The predicted molar refractivity (Wildman–Crippen MR) is 117 cm³/mol. The average molecular weight is 397 g/mol. The van der Waals surface area contributed by atoms with Gasteiger partial charge in [0.1, 0.15) is 12.6 Å². The zero-order valence-electron chi connectivity index (χ0n) is 17.5. The van der Waals surface area contributed by atoms with Crippen LogP contribution in [0.4, 0.5) is 5.69 Å². The Morgan fingerprint density at radius 3 is 2.62 bits per heavy atom. The Bertz CT molecular complexity index is 827. The van der Waals surface area contributed by atoms with Gasteiger partial charge >= 0.3 is 0 Å². The first kappa shape index (κ1) is 20.2. The molecule has 2 fully saturated rings. The van der Waals surface area contributed by atoms with Crippen molar-refractivity contribution in [1.82, 2.24) is 25.1 Å². The summed E-state index contributed by atoms with van der Waals surface area (Å²) in [6, 6.07) is 6.59. The molecule has 1 atom stereocenters. The molecule has 0 saturated carbocycles. The van der Waals surface area contributed by atoms with Crippen LogP contribution in [0.15, 0.2) is 24.5 Å². The number of rotatable bonds is 6. The zero-order valence-corrected chi connectivity index (χ0v) is 17.5. The molecule has 156 valence electrons. The van der Waals surface area contributed by atoms with E-state index in [0.29, 0.717) is 5.92 Å². The first-order valence-corrected chi connectivity index (χ1v) is 10.7. The van der Waals surface area contributed by atoms with Gasteiger partial charge in [0.15, 0.2) is 0 Å². The van der Waals surface area contributed by atoms with Gasteiger partial charge in [-0.2, -0.15) is 0 Å². The van der Waals surface area contributed by atoms with Crippen molar-refractivity contribution < 1.29 is 4.79 Å². The van der Waals surface area contributed by atoms with Crippen molar-refractivity contribution in [3.63, 3.8) is 0 Å². The number of hydrogen-bond acceptors (Lipinski definition) is 7. The van der Waals surface area contributed by atoms with E-state index in [4.69, 9.17) is 0 Å². The molecular formula is C22H32N6O. The lowest BCUT2D eigenvalue weighted by Gasteiger charge is -2.39. The van der Waals surface area contributed by atoms with Crippen LogP contribution >= 0.6 is 0 Å². The van der Waals surface area contributed by atoms with Gasteiger partial charge in [0, 0.05) is 49.7 Å². The molecular weight excluding hydrogens is 364 g/mol. The highest BCUT2D eigenvalue weighted by Gasteiger charge is 2.25. The Hall–Kier alpha value is -2.09. The molecule has 3 heterocycles. The Morgan fingerprint density at radius 2 is 1.93 bits per heavy atom. The topological polar surface area (TPSA) is 64.6 Å². The van der Waals surface area contributed by atoms with Crippen LogP contribution in [-0.4, -0.2) is 92.0 Å². The van der Waals surface area contributed by atoms with E-state index in [1.165, 1.54) is 16.8 Å². The van der Waals surface area contributed by atoms with Gasteiger partial charge in [-0.25, -0.2) is 9.97 Å². The molecule has 29 heavy (non-hydrogen) atoms. The highest BCUT2D eigenvalue weighted by molar-refractivity contribution is 5.84. The van der Waals surface area contributed by atoms with Crippen LogP contribution in [0.25, 0.3) is 10.9 Å². The molecule has 2 aliphatic rings. The van der Waals surface area contributed by atoms with Gasteiger partial charge in [-0.1, -0.05) is 0 Å². The predicted octanol–water partition coefficient (Wildman–Crippen LogP) is 1.35. The number of hydrogen-bond donors (Lipinski definition) is 1. The van der Waals surface area contributed by atoms with Gasteiger partial charge in [0.2, 0.25) is 0 Å². The smallest absolute Gasteiger partial charge is 0.138 e. The molecule has 2 aliphatic heterocycles. The number of piperazine rings is 1. The summed E-state index contributed by atoms with van der Waals surface area (Å²) in [7, 11) is 4.03. The molecule has 0 spiro atoms. The number of aromatic nitrogens is 2. The van der Waals surface area contributed by atoms with Crippen LogP contribution in [-0.2, 0) is 4.79 Å². The molecule has 1 aromatic carbocycles. The monoisotopic (exact) mass is 396 g/mol. The second-order valence-electron chi connectivity index (χ2n) is 8.47. The molecule has 1 unspecified atom stereocenters. The van der Waals surface area contributed by atoms with Crippen molar-refractivity contribution in [1.29, 1.82) is 0 Å². The summed E-state index contributed by atoms with van der Waals surface area (Å²) in [6.45, 7) is 6.56. The molecule has 7 heteroatoms. The maximum atomic E-state index is 11.5. The van der Waals surface area contributed by atoms with E-state index in [9.17, 15) is 4.79 Å². The van der Waals surface area contributed by atoms with Crippen molar-refractivity contribution in [2.75, 3.05) is 64.8 Å². The third-order valence-corrected chi connectivity index (χ3v) is 6.23. The van der Waals surface area contributed by atoms with Crippen LogP contribution in [0.1, 0.15) is 24.5 Å². The molecule has 0 radical (unpaired) electrons. The second kappa shape index (κ2) is 9.15. The van der Waals surface area contributed by atoms with E-state index in [1.807, 2.05) is 14.1 Å². The van der Waals surface area contributed by atoms with Crippen molar-refractivity contribution >= 4 is 22.9 Å². The van der Waals surface area contributed by atoms with Gasteiger partial charge in [-0.15, -0.1) is 0 Å². The number of carbonyl (C=O) groups excluding carboxylic acids is 1. The summed E-state index contributed by atoms with van der Waals surface area (Å²) in [5.74, 6) is 0.521. The molecule has 2 saturated heterocycles. The Labute approximate surface area is 173 Å². The number of anilines is 1. The highest BCUT2D eigenvalue weighted by atomic mass is 16.1. The molecule has 0 amide bonds. The van der Waals surface area contributed by atoms with Gasteiger partial charge < -0.3 is 19.9 Å².